The van der Waals surface area contributed by atoms with Crippen molar-refractivity contribution in [2.24, 2.45) is 0 Å². The van der Waals surface area contributed by atoms with Gasteiger partial charge in [0.1, 0.15) is 24.1 Å². The first-order valence-corrected chi connectivity index (χ1v) is 13.7. The lowest BCUT2D eigenvalue weighted by atomic mass is 9.87. The van der Waals surface area contributed by atoms with Crippen molar-refractivity contribution in [2.75, 3.05) is 17.7 Å². The molecule has 1 aliphatic carbocycles. The molecular weight excluding hydrogens is 473 g/mol. The van der Waals surface area contributed by atoms with E-state index in [2.05, 4.69) is 20.1 Å². The van der Waals surface area contributed by atoms with Gasteiger partial charge in [0.15, 0.2) is 15.7 Å². The molecule has 2 aromatic heterocycles. The lowest BCUT2D eigenvalue weighted by Crippen LogP contribution is -2.24. The average molecular weight is 502 g/mol. The van der Waals surface area contributed by atoms with Gasteiger partial charge in [-0.3, -0.25) is 0 Å². The van der Waals surface area contributed by atoms with E-state index >= 15 is 0 Å². The highest BCUT2D eigenvalue weighted by Crippen LogP contribution is 2.40. The Morgan fingerprint density at radius 3 is 2.60 bits per heavy atom. The first-order chi connectivity index (χ1) is 16.7. The summed E-state index contributed by atoms with van der Waals surface area (Å²) >= 11 is 0. The van der Waals surface area contributed by atoms with Crippen LogP contribution in [0.1, 0.15) is 68.6 Å². The van der Waals surface area contributed by atoms with Crippen molar-refractivity contribution in [3.05, 3.63) is 47.6 Å². The van der Waals surface area contributed by atoms with E-state index in [1.165, 1.54) is 18.5 Å². The van der Waals surface area contributed by atoms with Crippen LogP contribution in [0, 0.1) is 5.82 Å². The molecule has 1 saturated carbocycles. The molecule has 1 fully saturated rings. The summed E-state index contributed by atoms with van der Waals surface area (Å²) in [5.41, 5.74) is 1.11. The number of hydrogen-bond acceptors (Lipinski definition) is 9. The number of halogens is 1. The maximum Gasteiger partial charge on any atom is 0.229 e. The average Bonchev–Trinajstić information content (AvgIpc) is 3.47. The Kier molecular flexibility index (Phi) is 6.20. The van der Waals surface area contributed by atoms with Gasteiger partial charge in [0.25, 0.3) is 0 Å². The second-order valence-corrected chi connectivity index (χ2v) is 11.5. The van der Waals surface area contributed by atoms with Crippen LogP contribution in [-0.2, 0) is 16.3 Å². The summed E-state index contributed by atoms with van der Waals surface area (Å²) < 4.78 is 50.1. The van der Waals surface area contributed by atoms with Crippen LogP contribution in [0.25, 0.3) is 0 Å². The van der Waals surface area contributed by atoms with Crippen LogP contribution in [0.15, 0.2) is 33.9 Å². The molecule has 0 bridgehead atoms. The molecule has 35 heavy (non-hydrogen) atoms. The third-order valence-electron chi connectivity index (χ3n) is 6.64. The van der Waals surface area contributed by atoms with Gasteiger partial charge in [-0.2, -0.15) is 4.98 Å². The molecule has 11 heteroatoms. The monoisotopic (exact) mass is 501 g/mol. The van der Waals surface area contributed by atoms with Gasteiger partial charge in [0, 0.05) is 24.6 Å². The molecule has 186 valence electrons. The quantitative estimate of drug-likeness (QED) is 0.487. The first-order valence-electron chi connectivity index (χ1n) is 11.8. The molecule has 0 spiro atoms. The molecule has 9 nitrogen and oxygen atoms in total. The highest BCUT2D eigenvalue weighted by Gasteiger charge is 2.32. The maximum absolute atomic E-state index is 14.8. The van der Waals surface area contributed by atoms with Gasteiger partial charge >= 0.3 is 0 Å². The molecule has 0 atom stereocenters. The largest absolute Gasteiger partial charge is 0.474 e. The van der Waals surface area contributed by atoms with E-state index in [0.29, 0.717) is 30.6 Å². The number of fused-ring (bicyclic) bond motifs is 1. The van der Waals surface area contributed by atoms with Crippen LogP contribution in [0.2, 0.25) is 0 Å². The smallest absolute Gasteiger partial charge is 0.229 e. The predicted octanol–water partition coefficient (Wildman–Crippen LogP) is 4.33. The van der Waals surface area contributed by atoms with Gasteiger partial charge in [0.2, 0.25) is 11.8 Å². The highest BCUT2D eigenvalue weighted by atomic mass is 32.2. The summed E-state index contributed by atoms with van der Waals surface area (Å²) in [4.78, 5) is 15.0. The van der Waals surface area contributed by atoms with Crippen molar-refractivity contribution in [1.82, 2.24) is 20.1 Å². The number of aromatic nitrogens is 4. The van der Waals surface area contributed by atoms with E-state index in [1.807, 2.05) is 13.8 Å². The van der Waals surface area contributed by atoms with Crippen molar-refractivity contribution in [2.45, 2.75) is 68.8 Å². The summed E-state index contributed by atoms with van der Waals surface area (Å²) in [5, 5.41) is 4.08. The zero-order valence-corrected chi connectivity index (χ0v) is 20.8. The van der Waals surface area contributed by atoms with Gasteiger partial charge in [-0.15, -0.1) is 0 Å². The Hall–Kier alpha value is -3.08. The second-order valence-electron chi connectivity index (χ2n) is 9.51. The molecule has 0 radical (unpaired) electrons. The number of nitrogens with zero attached hydrogens (tertiary/aromatic N) is 5. The third kappa shape index (κ3) is 4.73. The van der Waals surface area contributed by atoms with Crippen LogP contribution in [-0.4, -0.2) is 47.4 Å². The predicted molar refractivity (Wildman–Crippen MR) is 126 cm³/mol. The van der Waals surface area contributed by atoms with Crippen molar-refractivity contribution in [3.8, 4) is 5.88 Å². The van der Waals surface area contributed by atoms with Crippen molar-refractivity contribution in [1.29, 1.82) is 0 Å². The number of benzene rings is 1. The number of hydrogen-bond donors (Lipinski definition) is 0. The van der Waals surface area contributed by atoms with Crippen LogP contribution in [0.5, 0.6) is 5.88 Å². The molecule has 1 aromatic carbocycles. The molecule has 3 heterocycles. The van der Waals surface area contributed by atoms with Gasteiger partial charge < -0.3 is 14.2 Å². The fraction of sp³-hybridized carbons (Fsp3) is 0.500. The molecule has 0 N–H and O–H groups in total. The number of anilines is 2. The Balaban J connectivity index is 1.28. The van der Waals surface area contributed by atoms with E-state index in [1.54, 1.807) is 4.90 Å². The van der Waals surface area contributed by atoms with E-state index in [9.17, 15) is 12.8 Å². The summed E-state index contributed by atoms with van der Waals surface area (Å²) in [6, 6.07) is 3.94. The molecule has 2 aliphatic rings. The molecule has 0 amide bonds. The highest BCUT2D eigenvalue weighted by molar-refractivity contribution is 7.90. The minimum Gasteiger partial charge on any atom is -0.474 e. The molecule has 0 unspecified atom stereocenters. The molecule has 0 saturated heterocycles. The summed E-state index contributed by atoms with van der Waals surface area (Å²) in [6.45, 7) is 4.58. The molecular formula is C24H28FN5O4S. The number of sulfone groups is 1. The summed E-state index contributed by atoms with van der Waals surface area (Å²) in [5.74, 6) is 2.41. The first kappa shape index (κ1) is 23.7. The molecule has 5 rings (SSSR count). The second kappa shape index (κ2) is 9.18. The lowest BCUT2D eigenvalue weighted by Gasteiger charge is -2.27. The summed E-state index contributed by atoms with van der Waals surface area (Å²) in [6.07, 6.45) is 6.56. The van der Waals surface area contributed by atoms with Crippen molar-refractivity contribution in [3.63, 3.8) is 0 Å². The normalized spacial score (nSPS) is 20.3. The third-order valence-corrected chi connectivity index (χ3v) is 7.75. The minimum atomic E-state index is -3.49. The maximum atomic E-state index is 14.8. The van der Waals surface area contributed by atoms with Gasteiger partial charge in [0.05, 0.1) is 16.1 Å². The molecule has 1 aliphatic heterocycles. The van der Waals surface area contributed by atoms with Crippen LogP contribution < -0.4 is 9.64 Å². The Morgan fingerprint density at radius 2 is 1.94 bits per heavy atom. The van der Waals surface area contributed by atoms with Gasteiger partial charge in [-0.25, -0.2) is 22.8 Å². The Morgan fingerprint density at radius 1 is 1.17 bits per heavy atom. The molecule has 3 aromatic rings. The SMILES string of the molecule is CC(C)c1noc(C2CCC(Oc3ncnc4c3CCN4c3ccc(S(C)(=O)=O)cc3F)CC2)n1. The summed E-state index contributed by atoms with van der Waals surface area (Å²) in [7, 11) is -3.49. The fourth-order valence-electron chi connectivity index (χ4n) is 4.67. The van der Waals surface area contributed by atoms with Crippen LogP contribution >= 0.6 is 0 Å². The standard InChI is InChI=1S/C24H28FN5O4S/c1-14(2)21-28-23(34-29-21)15-4-6-16(7-5-15)33-24-18-10-11-30(22(18)26-13-27-24)20-9-8-17(12-19(20)25)35(3,31)32/h8-9,12-16H,4-7,10-11H2,1-3H3. The van der Waals surface area contributed by atoms with Gasteiger partial charge in [-0.05, 0) is 50.3 Å². The van der Waals surface area contributed by atoms with E-state index < -0.39 is 15.7 Å². The minimum absolute atomic E-state index is 0.0116. The van der Waals surface area contributed by atoms with Crippen molar-refractivity contribution < 1.29 is 22.1 Å². The van der Waals surface area contributed by atoms with Crippen LogP contribution in [0.4, 0.5) is 15.9 Å². The van der Waals surface area contributed by atoms with E-state index in [0.717, 1.165) is 49.4 Å². The number of rotatable bonds is 6. The lowest BCUT2D eigenvalue weighted by molar-refractivity contribution is 0.132. The zero-order chi connectivity index (χ0) is 24.7. The van der Waals surface area contributed by atoms with Gasteiger partial charge in [-0.1, -0.05) is 19.0 Å². The fourth-order valence-corrected chi connectivity index (χ4v) is 5.31. The van der Waals surface area contributed by atoms with E-state index in [4.69, 9.17) is 9.26 Å². The zero-order valence-electron chi connectivity index (χ0n) is 19.9. The van der Waals surface area contributed by atoms with Crippen LogP contribution in [0.3, 0.4) is 0 Å². The topological polar surface area (TPSA) is 111 Å². The number of ether oxygens (including phenoxy) is 1. The Labute approximate surface area is 203 Å². The Bertz CT molecular complexity index is 1340. The van der Waals surface area contributed by atoms with E-state index in [-0.39, 0.29) is 28.5 Å². The van der Waals surface area contributed by atoms with Crippen molar-refractivity contribution >= 4 is 21.3 Å².